The van der Waals surface area contributed by atoms with Gasteiger partial charge in [-0.15, -0.1) is 22.7 Å². The summed E-state index contributed by atoms with van der Waals surface area (Å²) in [6.45, 7) is 21.6. The van der Waals surface area contributed by atoms with Crippen LogP contribution in [-0.4, -0.2) is 60.1 Å². The predicted molar refractivity (Wildman–Crippen MR) is 296 cm³/mol. The van der Waals surface area contributed by atoms with Crippen molar-refractivity contribution in [2.45, 2.75) is 80.3 Å². The summed E-state index contributed by atoms with van der Waals surface area (Å²) in [6, 6.07) is 19.2. The molecule has 14 heteroatoms. The molecule has 372 valence electrons. The van der Waals surface area contributed by atoms with Crippen LogP contribution >= 0.6 is 22.7 Å². The number of aromatic hydroxyl groups is 2. The van der Waals surface area contributed by atoms with Gasteiger partial charge in [0.1, 0.15) is 36.2 Å². The van der Waals surface area contributed by atoms with Crippen molar-refractivity contribution in [3.63, 3.8) is 0 Å². The van der Waals surface area contributed by atoms with Crippen LogP contribution in [0.15, 0.2) is 93.9 Å². The highest BCUT2D eigenvalue weighted by Gasteiger charge is 2.36. The molecule has 4 aromatic carbocycles. The molecule has 4 N–H and O–H groups in total. The molecule has 0 amide bonds. The Hall–Kier alpha value is -7.42. The second kappa shape index (κ2) is 19.6. The third-order valence-electron chi connectivity index (χ3n) is 12.7. The van der Waals surface area contributed by atoms with Crippen LogP contribution < -0.4 is 29.6 Å². The maximum absolute atomic E-state index is 10.6. The summed E-state index contributed by atoms with van der Waals surface area (Å²) in [6.07, 6.45) is 8.61. The fraction of sp³-hybridized carbons (Fsp3) is 0.276. The maximum atomic E-state index is 10.6. The highest BCUT2D eigenvalue weighted by atomic mass is 32.1. The number of nitrogens with zero attached hydrogens (tertiary/aromatic N) is 2. The molecule has 72 heavy (non-hydrogen) atoms. The normalized spacial score (nSPS) is 16.8. The zero-order chi connectivity index (χ0) is 51.2. The van der Waals surface area contributed by atoms with Crippen molar-refractivity contribution in [3.05, 3.63) is 127 Å². The van der Waals surface area contributed by atoms with E-state index in [0.29, 0.717) is 36.2 Å². The van der Waals surface area contributed by atoms with E-state index in [2.05, 4.69) is 111 Å². The Bertz CT molecular complexity index is 3110. The second-order valence-corrected chi connectivity index (χ2v) is 20.9. The topological polar surface area (TPSA) is 145 Å². The van der Waals surface area contributed by atoms with Gasteiger partial charge in [-0.1, -0.05) is 34.6 Å². The van der Waals surface area contributed by atoms with Crippen molar-refractivity contribution in [2.24, 2.45) is 10.3 Å². The van der Waals surface area contributed by atoms with E-state index in [-0.39, 0.29) is 22.6 Å². The minimum Gasteiger partial charge on any atom is -0.504 e. The lowest BCUT2D eigenvalue weighted by Crippen LogP contribution is -2.32. The van der Waals surface area contributed by atoms with Crippen molar-refractivity contribution in [1.82, 2.24) is 0 Å². The van der Waals surface area contributed by atoms with Gasteiger partial charge in [0.25, 0.3) is 0 Å². The molecule has 0 spiro atoms. The first-order valence-electron chi connectivity index (χ1n) is 23.9. The Kier molecular flexibility index (Phi) is 13.5. The molecule has 4 aliphatic heterocycles. The van der Waals surface area contributed by atoms with E-state index in [1.54, 1.807) is 61.2 Å². The number of hydrogen-bond donors (Lipinski definition) is 4. The van der Waals surface area contributed by atoms with Gasteiger partial charge in [-0.05, 0) is 152 Å². The first kappa shape index (κ1) is 49.6. The van der Waals surface area contributed by atoms with E-state index in [9.17, 15) is 10.2 Å². The molecule has 12 nitrogen and oxygen atoms in total. The predicted octanol–water partition coefficient (Wildman–Crippen LogP) is 14.8. The molecule has 0 aliphatic carbocycles. The summed E-state index contributed by atoms with van der Waals surface area (Å²) in [5.74, 6) is 3.66. The van der Waals surface area contributed by atoms with Gasteiger partial charge in [0, 0.05) is 65.6 Å². The van der Waals surface area contributed by atoms with Gasteiger partial charge >= 0.3 is 0 Å². The number of methoxy groups -OCH3 is 2. The third kappa shape index (κ3) is 9.20. The molecule has 0 atom stereocenters. The fourth-order valence-electron chi connectivity index (χ4n) is 10.0. The first-order chi connectivity index (χ1) is 34.5. The molecular formula is C58H60N4O8S2. The standard InChI is InChI=1S/2C29H30N2O4S/c2*1-7-34-31-17(3)18-12-13-36-24(18)14-23-26-19(27-22(35-23)11-10-21(32)28(27)33-6)8-9-20-25(26)16(2)15-29(4,5)30-20/h2*8-15,30,32H,7H2,1-6H3/b23-14-,31-17+;23-14-,31-17-. The van der Waals surface area contributed by atoms with Gasteiger partial charge in [-0.3, -0.25) is 0 Å². The van der Waals surface area contributed by atoms with Crippen LogP contribution in [0, 0.1) is 0 Å². The number of allylic oxidation sites excluding steroid dienone is 2. The van der Waals surface area contributed by atoms with Crippen LogP contribution in [0.5, 0.6) is 34.5 Å². The minimum absolute atomic E-state index is 0.0748. The second-order valence-electron chi connectivity index (χ2n) is 19.0. The lowest BCUT2D eigenvalue weighted by molar-refractivity contribution is 0.159. The molecule has 0 bridgehead atoms. The summed E-state index contributed by atoms with van der Waals surface area (Å²) in [4.78, 5) is 12.6. The van der Waals surface area contributed by atoms with Crippen LogP contribution in [-0.2, 0) is 9.68 Å². The van der Waals surface area contributed by atoms with Gasteiger partial charge in [0.05, 0.1) is 47.8 Å². The molecular weight excluding hydrogens is 945 g/mol. The Morgan fingerprint density at radius 3 is 1.36 bits per heavy atom. The lowest BCUT2D eigenvalue weighted by atomic mass is 9.83. The molecule has 6 heterocycles. The van der Waals surface area contributed by atoms with Crippen molar-refractivity contribution in [3.8, 4) is 56.8 Å². The fourth-order valence-corrected chi connectivity index (χ4v) is 11.8. The molecule has 0 saturated heterocycles. The number of nitrogens with one attached hydrogen (secondary N) is 2. The smallest absolute Gasteiger partial charge is 0.172 e. The van der Waals surface area contributed by atoms with Crippen molar-refractivity contribution in [1.29, 1.82) is 0 Å². The van der Waals surface area contributed by atoms with Crippen LogP contribution in [0.3, 0.4) is 0 Å². The number of phenolic OH excluding ortho intramolecular Hbond substituents is 2. The van der Waals surface area contributed by atoms with Crippen LogP contribution in [0.25, 0.3) is 57.1 Å². The average molecular weight is 1010 g/mol. The Morgan fingerprint density at radius 1 is 0.583 bits per heavy atom. The summed E-state index contributed by atoms with van der Waals surface area (Å²) in [5.41, 5.74) is 15.1. The third-order valence-corrected chi connectivity index (χ3v) is 14.4. The minimum atomic E-state index is -0.174. The van der Waals surface area contributed by atoms with Crippen LogP contribution in [0.4, 0.5) is 11.4 Å². The maximum Gasteiger partial charge on any atom is 0.172 e. The molecule has 10 rings (SSSR count). The number of fused-ring (bicyclic) bond motifs is 10. The lowest BCUT2D eigenvalue weighted by Gasteiger charge is -2.35. The van der Waals surface area contributed by atoms with Gasteiger partial charge in [0.2, 0.25) is 0 Å². The van der Waals surface area contributed by atoms with E-state index in [4.69, 9.17) is 28.6 Å². The number of anilines is 2. The molecule has 0 unspecified atom stereocenters. The largest absolute Gasteiger partial charge is 0.504 e. The van der Waals surface area contributed by atoms with Gasteiger partial charge < -0.3 is 49.5 Å². The Morgan fingerprint density at radius 2 is 0.986 bits per heavy atom. The van der Waals surface area contributed by atoms with Crippen molar-refractivity contribution < 1.29 is 38.8 Å². The zero-order valence-electron chi connectivity index (χ0n) is 42.7. The molecule has 4 aliphatic rings. The SMILES string of the molecule is CCO/N=C(/C)c1ccsc1/C=C1\Oc2ccc(O)c(OC)c2-c2ccc3c(c21)C(C)=CC(C)(C)N3.CCO/N=C(\C)c1ccsc1/C=C1\Oc2ccc(O)c(OC)c2-c2ccc3c(c21)C(C)=CC(C)(C)N3. The molecule has 0 radical (unpaired) electrons. The van der Waals surface area contributed by atoms with Gasteiger partial charge in [0.15, 0.2) is 23.0 Å². The first-order valence-corrected chi connectivity index (χ1v) is 25.6. The summed E-state index contributed by atoms with van der Waals surface area (Å²) in [5, 5.41) is 40.9. The molecule has 0 fully saturated rings. The molecule has 2 aromatic heterocycles. The summed E-state index contributed by atoms with van der Waals surface area (Å²) >= 11 is 3.24. The average Bonchev–Trinajstić information content (AvgIpc) is 4.01. The van der Waals surface area contributed by atoms with Gasteiger partial charge in [-0.25, -0.2) is 0 Å². The van der Waals surface area contributed by atoms with E-state index in [1.165, 1.54) is 0 Å². The van der Waals surface area contributed by atoms with Crippen molar-refractivity contribution >= 4 is 80.3 Å². The quantitative estimate of drug-likeness (QED) is 0.0773. The number of rotatable bonds is 10. The van der Waals surface area contributed by atoms with Gasteiger partial charge in [-0.2, -0.15) is 0 Å². The number of oxime groups is 2. The Balaban J connectivity index is 0.000000178. The number of hydrogen-bond acceptors (Lipinski definition) is 14. The number of benzene rings is 4. The van der Waals surface area contributed by atoms with E-state index in [0.717, 1.165) is 111 Å². The molecule has 6 aromatic rings. The zero-order valence-corrected chi connectivity index (χ0v) is 44.3. The highest BCUT2D eigenvalue weighted by Crippen LogP contribution is 2.56. The summed E-state index contributed by atoms with van der Waals surface area (Å²) < 4.78 is 24.4. The number of phenols is 2. The Labute approximate surface area is 429 Å². The monoisotopic (exact) mass is 1000 g/mol. The number of ether oxygens (including phenoxy) is 4. The molecule has 0 saturated carbocycles. The number of thiophene rings is 2. The van der Waals surface area contributed by atoms with E-state index in [1.807, 2.05) is 50.6 Å². The van der Waals surface area contributed by atoms with Crippen LogP contribution in [0.2, 0.25) is 0 Å². The van der Waals surface area contributed by atoms with E-state index < -0.39 is 0 Å². The van der Waals surface area contributed by atoms with Crippen LogP contribution in [0.1, 0.15) is 112 Å². The highest BCUT2D eigenvalue weighted by molar-refractivity contribution is 7.11. The summed E-state index contributed by atoms with van der Waals surface area (Å²) in [7, 11) is 3.12. The van der Waals surface area contributed by atoms with Crippen molar-refractivity contribution in [2.75, 3.05) is 38.1 Å². The van der Waals surface area contributed by atoms with E-state index >= 15 is 0 Å².